The van der Waals surface area contributed by atoms with Gasteiger partial charge in [-0.1, -0.05) is 10.6 Å². The zero-order valence-corrected chi connectivity index (χ0v) is 11.4. The normalized spacial score (nSPS) is 12.4. The van der Waals surface area contributed by atoms with Gasteiger partial charge in [0.25, 0.3) is 0 Å². The van der Waals surface area contributed by atoms with E-state index in [0.717, 1.165) is 27.4 Å². The van der Waals surface area contributed by atoms with Gasteiger partial charge in [-0.3, -0.25) is 5.84 Å². The van der Waals surface area contributed by atoms with Crippen molar-refractivity contribution < 1.29 is 4.74 Å². The monoisotopic (exact) mass is 264 g/mol. The highest BCUT2D eigenvalue weighted by molar-refractivity contribution is 7.05. The fourth-order valence-electron chi connectivity index (χ4n) is 1.91. The average Bonchev–Trinajstić information content (AvgIpc) is 2.78. The lowest BCUT2D eigenvalue weighted by molar-refractivity contribution is 0.414. The summed E-state index contributed by atoms with van der Waals surface area (Å²) < 4.78 is 9.15. The highest BCUT2D eigenvalue weighted by Gasteiger charge is 2.19. The number of nitrogens with zero attached hydrogens (tertiary/aromatic N) is 2. The summed E-state index contributed by atoms with van der Waals surface area (Å²) in [7, 11) is 1.66. The van der Waals surface area contributed by atoms with Crippen LogP contribution < -0.4 is 16.0 Å². The third kappa shape index (κ3) is 2.35. The van der Waals surface area contributed by atoms with Gasteiger partial charge in [-0.2, -0.15) is 0 Å². The van der Waals surface area contributed by atoms with Crippen LogP contribution in [0.2, 0.25) is 0 Å². The second-order valence-electron chi connectivity index (χ2n) is 4.04. The van der Waals surface area contributed by atoms with Crippen molar-refractivity contribution in [1.82, 2.24) is 15.0 Å². The van der Waals surface area contributed by atoms with Crippen molar-refractivity contribution in [2.75, 3.05) is 7.11 Å². The van der Waals surface area contributed by atoms with Gasteiger partial charge in [0, 0.05) is 0 Å². The van der Waals surface area contributed by atoms with Crippen molar-refractivity contribution in [2.45, 2.75) is 19.9 Å². The van der Waals surface area contributed by atoms with Crippen molar-refractivity contribution in [3.63, 3.8) is 0 Å². The predicted molar refractivity (Wildman–Crippen MR) is 71.5 cm³/mol. The number of hydrogen-bond donors (Lipinski definition) is 2. The van der Waals surface area contributed by atoms with Crippen LogP contribution in [0.1, 0.15) is 27.7 Å². The zero-order valence-electron chi connectivity index (χ0n) is 10.6. The molecule has 5 nitrogen and oxygen atoms in total. The molecule has 2 rings (SSSR count). The maximum Gasteiger partial charge on any atom is 0.119 e. The summed E-state index contributed by atoms with van der Waals surface area (Å²) in [4.78, 5) is 1.03. The molecule has 0 aliphatic rings. The van der Waals surface area contributed by atoms with Crippen LogP contribution in [-0.2, 0) is 0 Å². The average molecular weight is 264 g/mol. The number of methoxy groups -OCH3 is 1. The van der Waals surface area contributed by atoms with Gasteiger partial charge < -0.3 is 4.74 Å². The van der Waals surface area contributed by atoms with Crippen molar-refractivity contribution in [3.05, 3.63) is 39.9 Å². The molecule has 0 amide bonds. The Kier molecular flexibility index (Phi) is 3.90. The highest BCUT2D eigenvalue weighted by Crippen LogP contribution is 2.29. The van der Waals surface area contributed by atoms with Gasteiger partial charge in [0.15, 0.2) is 0 Å². The Labute approximate surface area is 110 Å². The molecule has 0 radical (unpaired) electrons. The van der Waals surface area contributed by atoms with Crippen LogP contribution in [0.3, 0.4) is 0 Å². The Morgan fingerprint density at radius 2 is 2.17 bits per heavy atom. The molecule has 0 saturated carbocycles. The van der Waals surface area contributed by atoms with Crippen LogP contribution in [0.5, 0.6) is 5.75 Å². The molecule has 0 fully saturated rings. The van der Waals surface area contributed by atoms with Crippen molar-refractivity contribution in [3.8, 4) is 5.75 Å². The van der Waals surface area contributed by atoms with E-state index in [1.54, 1.807) is 7.11 Å². The fraction of sp³-hybridized carbons (Fsp3) is 0.333. The second kappa shape index (κ2) is 5.43. The molecule has 1 atom stereocenters. The van der Waals surface area contributed by atoms with Gasteiger partial charge in [0.2, 0.25) is 0 Å². The largest absolute Gasteiger partial charge is 0.497 e. The smallest absolute Gasteiger partial charge is 0.119 e. The van der Waals surface area contributed by atoms with Gasteiger partial charge >= 0.3 is 0 Å². The van der Waals surface area contributed by atoms with E-state index in [1.807, 2.05) is 32.0 Å². The lowest BCUT2D eigenvalue weighted by atomic mass is 9.99. The van der Waals surface area contributed by atoms with E-state index < -0.39 is 0 Å². The maximum atomic E-state index is 5.67. The van der Waals surface area contributed by atoms with Gasteiger partial charge in [-0.25, -0.2) is 5.43 Å². The molecule has 1 aromatic heterocycles. The number of hydrazine groups is 1. The zero-order chi connectivity index (χ0) is 13.1. The summed E-state index contributed by atoms with van der Waals surface area (Å²) in [5.41, 5.74) is 5.95. The van der Waals surface area contributed by atoms with Crippen molar-refractivity contribution >= 4 is 11.5 Å². The molecule has 0 aliphatic heterocycles. The molecule has 3 N–H and O–H groups in total. The molecule has 1 unspecified atom stereocenters. The molecular formula is C12H16N4OS. The summed E-state index contributed by atoms with van der Waals surface area (Å²) in [6.07, 6.45) is 0. The summed E-state index contributed by atoms with van der Waals surface area (Å²) in [6.45, 7) is 3.97. The standard InChI is InChI=1S/C12H16N4OS/c1-7-6-9(17-3)4-5-10(7)11(14-13)12-8(2)15-16-18-12/h4-6,11,14H,13H2,1-3H3. The SMILES string of the molecule is COc1ccc(C(NN)c2snnc2C)c(C)c1. The number of hydrogen-bond acceptors (Lipinski definition) is 6. The van der Waals surface area contributed by atoms with E-state index >= 15 is 0 Å². The number of nitrogens with one attached hydrogen (secondary N) is 1. The van der Waals surface area contributed by atoms with Gasteiger partial charge in [0.05, 0.1) is 23.7 Å². The summed E-state index contributed by atoms with van der Waals surface area (Å²) in [5.74, 6) is 6.51. The molecule has 0 aliphatic carbocycles. The lowest BCUT2D eigenvalue weighted by Crippen LogP contribution is -2.29. The number of aryl methyl sites for hydroxylation is 2. The predicted octanol–water partition coefficient (Wildman–Crippen LogP) is 1.72. The van der Waals surface area contributed by atoms with Gasteiger partial charge in [0.1, 0.15) is 5.75 Å². The van der Waals surface area contributed by atoms with Gasteiger partial charge in [-0.15, -0.1) is 5.10 Å². The van der Waals surface area contributed by atoms with Gasteiger partial charge in [-0.05, 0) is 48.6 Å². The number of nitrogens with two attached hydrogens (primary N) is 1. The molecule has 96 valence electrons. The van der Waals surface area contributed by atoms with E-state index in [9.17, 15) is 0 Å². The fourth-order valence-corrected chi connectivity index (χ4v) is 2.63. The molecule has 1 heterocycles. The van der Waals surface area contributed by atoms with E-state index in [4.69, 9.17) is 10.6 Å². The van der Waals surface area contributed by atoms with E-state index in [2.05, 4.69) is 15.0 Å². The molecule has 6 heteroatoms. The van der Waals surface area contributed by atoms with Crippen LogP contribution in [0.15, 0.2) is 18.2 Å². The minimum atomic E-state index is -0.0871. The van der Waals surface area contributed by atoms with Crippen LogP contribution in [-0.4, -0.2) is 16.7 Å². The summed E-state index contributed by atoms with van der Waals surface area (Å²) >= 11 is 1.36. The lowest BCUT2D eigenvalue weighted by Gasteiger charge is -2.17. The van der Waals surface area contributed by atoms with Crippen LogP contribution in [0.4, 0.5) is 0 Å². The quantitative estimate of drug-likeness (QED) is 0.649. The number of rotatable bonds is 4. The topological polar surface area (TPSA) is 73.1 Å². The third-order valence-corrected chi connectivity index (χ3v) is 3.79. The molecule has 2 aromatic rings. The minimum Gasteiger partial charge on any atom is -0.497 e. The number of benzene rings is 1. The van der Waals surface area contributed by atoms with E-state index in [-0.39, 0.29) is 6.04 Å². The molecule has 1 aromatic carbocycles. The van der Waals surface area contributed by atoms with Crippen molar-refractivity contribution in [1.29, 1.82) is 0 Å². The number of ether oxygens (including phenoxy) is 1. The Balaban J connectivity index is 2.42. The molecular weight excluding hydrogens is 248 g/mol. The maximum absolute atomic E-state index is 5.67. The molecule has 0 spiro atoms. The summed E-state index contributed by atoms with van der Waals surface area (Å²) in [6, 6.07) is 5.84. The van der Waals surface area contributed by atoms with Crippen LogP contribution >= 0.6 is 11.5 Å². The van der Waals surface area contributed by atoms with Crippen LogP contribution in [0.25, 0.3) is 0 Å². The first-order valence-corrected chi connectivity index (χ1v) is 6.34. The van der Waals surface area contributed by atoms with Crippen molar-refractivity contribution in [2.24, 2.45) is 5.84 Å². The third-order valence-electron chi connectivity index (χ3n) is 2.90. The van der Waals surface area contributed by atoms with E-state index in [0.29, 0.717) is 0 Å². The van der Waals surface area contributed by atoms with Crippen LogP contribution in [0, 0.1) is 13.8 Å². The molecule has 18 heavy (non-hydrogen) atoms. The Morgan fingerprint density at radius 3 is 2.67 bits per heavy atom. The minimum absolute atomic E-state index is 0.0871. The number of aromatic nitrogens is 2. The Bertz CT molecular complexity index is 541. The Hall–Kier alpha value is -1.50. The molecule has 0 bridgehead atoms. The Morgan fingerprint density at radius 1 is 1.39 bits per heavy atom. The first-order chi connectivity index (χ1) is 8.67. The molecule has 0 saturated heterocycles. The highest BCUT2D eigenvalue weighted by atomic mass is 32.1. The second-order valence-corrected chi connectivity index (χ2v) is 4.83. The first-order valence-electron chi connectivity index (χ1n) is 5.57. The van der Waals surface area contributed by atoms with E-state index in [1.165, 1.54) is 11.5 Å². The first kappa shape index (κ1) is 12.9. The summed E-state index contributed by atoms with van der Waals surface area (Å²) in [5, 5.41) is 4.02.